The fourth-order valence-corrected chi connectivity index (χ4v) is 6.28. The number of fused-ring (bicyclic) bond motifs is 3. The molecule has 4 rings (SSSR count). The largest absolute Gasteiger partial charge is 0.466 e. The maximum Gasteiger partial charge on any atom is 0.305 e. The summed E-state index contributed by atoms with van der Waals surface area (Å²) >= 11 is 2.88. The van der Waals surface area contributed by atoms with E-state index in [1.807, 2.05) is 30.3 Å². The summed E-state index contributed by atoms with van der Waals surface area (Å²) in [5.74, 6) is -0.287. The van der Waals surface area contributed by atoms with Gasteiger partial charge in [0.15, 0.2) is 5.16 Å². The van der Waals surface area contributed by atoms with Crippen LogP contribution in [0.4, 0.5) is 0 Å². The molecule has 1 N–H and O–H groups in total. The molecule has 1 aliphatic rings. The van der Waals surface area contributed by atoms with Crippen molar-refractivity contribution in [3.63, 3.8) is 0 Å². The van der Waals surface area contributed by atoms with Gasteiger partial charge in [0, 0.05) is 17.8 Å². The van der Waals surface area contributed by atoms with E-state index in [-0.39, 0.29) is 29.6 Å². The standard InChI is InChI=1S/C25H29N3O4S2/c1-2-32-21(30)14-9-15-26-20(29)16-33-25-27-23-22(18-12-7-4-8-13-19(18)34-23)24(31)28(25)17-10-5-3-6-11-17/h3,5-6,10-11H,2,4,7-9,12-16H2,1H3,(H,26,29). The number of hydrogen-bond acceptors (Lipinski definition) is 7. The third-order valence-corrected chi connectivity index (χ3v) is 7.86. The summed E-state index contributed by atoms with van der Waals surface area (Å²) in [6, 6.07) is 9.47. The third-order valence-electron chi connectivity index (χ3n) is 5.74. The molecule has 0 saturated heterocycles. The van der Waals surface area contributed by atoms with Gasteiger partial charge >= 0.3 is 5.97 Å². The monoisotopic (exact) mass is 499 g/mol. The van der Waals surface area contributed by atoms with Crippen molar-refractivity contribution in [2.24, 2.45) is 0 Å². The van der Waals surface area contributed by atoms with Crippen LogP contribution in [-0.2, 0) is 27.2 Å². The molecule has 2 heterocycles. The zero-order chi connectivity index (χ0) is 23.9. The Hall–Kier alpha value is -2.65. The summed E-state index contributed by atoms with van der Waals surface area (Å²) in [6.07, 6.45) is 6.14. The minimum atomic E-state index is -0.259. The molecule has 0 radical (unpaired) electrons. The first kappa shape index (κ1) is 24.5. The van der Waals surface area contributed by atoms with Gasteiger partial charge in [-0.15, -0.1) is 11.3 Å². The van der Waals surface area contributed by atoms with E-state index in [1.165, 1.54) is 23.1 Å². The lowest BCUT2D eigenvalue weighted by Gasteiger charge is -2.12. The van der Waals surface area contributed by atoms with Gasteiger partial charge in [0.2, 0.25) is 5.91 Å². The molecule has 34 heavy (non-hydrogen) atoms. The van der Waals surface area contributed by atoms with Gasteiger partial charge in [-0.05, 0) is 56.7 Å². The summed E-state index contributed by atoms with van der Waals surface area (Å²) < 4.78 is 6.54. The molecule has 1 aromatic carbocycles. The molecular weight excluding hydrogens is 470 g/mol. The Bertz CT molecular complexity index is 1220. The molecule has 2 aromatic heterocycles. The lowest BCUT2D eigenvalue weighted by molar-refractivity contribution is -0.143. The Morgan fingerprint density at radius 1 is 1.18 bits per heavy atom. The van der Waals surface area contributed by atoms with E-state index >= 15 is 0 Å². The molecule has 9 heteroatoms. The number of nitrogens with one attached hydrogen (secondary N) is 1. The quantitative estimate of drug-likeness (QED) is 0.155. The van der Waals surface area contributed by atoms with Crippen LogP contribution in [-0.4, -0.2) is 40.3 Å². The highest BCUT2D eigenvalue weighted by atomic mass is 32.2. The smallest absolute Gasteiger partial charge is 0.305 e. The van der Waals surface area contributed by atoms with Crippen molar-refractivity contribution < 1.29 is 14.3 Å². The number of benzene rings is 1. The highest BCUT2D eigenvalue weighted by Crippen LogP contribution is 2.34. The summed E-state index contributed by atoms with van der Waals surface area (Å²) in [6.45, 7) is 2.52. The first-order chi connectivity index (χ1) is 16.6. The molecule has 7 nitrogen and oxygen atoms in total. The minimum absolute atomic E-state index is 0.0621. The topological polar surface area (TPSA) is 90.3 Å². The molecule has 0 atom stereocenters. The zero-order valence-electron chi connectivity index (χ0n) is 19.3. The van der Waals surface area contributed by atoms with Crippen LogP contribution < -0.4 is 10.9 Å². The number of rotatable bonds is 9. The second kappa shape index (κ2) is 11.7. The minimum Gasteiger partial charge on any atom is -0.466 e. The van der Waals surface area contributed by atoms with Crippen molar-refractivity contribution in [2.45, 2.75) is 57.0 Å². The van der Waals surface area contributed by atoms with Gasteiger partial charge in [-0.25, -0.2) is 4.98 Å². The first-order valence-electron chi connectivity index (χ1n) is 11.8. The Morgan fingerprint density at radius 2 is 1.97 bits per heavy atom. The van der Waals surface area contributed by atoms with Crippen molar-refractivity contribution in [3.8, 4) is 5.69 Å². The molecule has 0 fully saturated rings. The number of aromatic nitrogens is 2. The van der Waals surface area contributed by atoms with Crippen LogP contribution in [0.3, 0.4) is 0 Å². The van der Waals surface area contributed by atoms with Crippen LogP contribution in [0.25, 0.3) is 15.9 Å². The highest BCUT2D eigenvalue weighted by molar-refractivity contribution is 7.99. The van der Waals surface area contributed by atoms with E-state index in [4.69, 9.17) is 9.72 Å². The van der Waals surface area contributed by atoms with Gasteiger partial charge in [0.25, 0.3) is 5.56 Å². The number of carbonyl (C=O) groups is 2. The number of aryl methyl sites for hydroxylation is 2. The molecule has 0 aliphatic heterocycles. The van der Waals surface area contributed by atoms with E-state index in [0.717, 1.165) is 47.2 Å². The highest BCUT2D eigenvalue weighted by Gasteiger charge is 2.22. The number of amides is 1. The van der Waals surface area contributed by atoms with Gasteiger partial charge < -0.3 is 10.1 Å². The number of nitrogens with zero attached hydrogens (tertiary/aromatic N) is 2. The molecule has 1 aliphatic carbocycles. The van der Waals surface area contributed by atoms with Gasteiger partial charge in [-0.1, -0.05) is 36.4 Å². The van der Waals surface area contributed by atoms with Crippen LogP contribution in [0.1, 0.15) is 49.5 Å². The fourth-order valence-electron chi connectivity index (χ4n) is 4.14. The number of para-hydroxylation sites is 1. The van der Waals surface area contributed by atoms with Crippen molar-refractivity contribution >= 4 is 45.2 Å². The van der Waals surface area contributed by atoms with E-state index < -0.39 is 0 Å². The normalized spacial score (nSPS) is 13.3. The van der Waals surface area contributed by atoms with Gasteiger partial charge in [-0.2, -0.15) is 0 Å². The number of thioether (sulfide) groups is 1. The van der Waals surface area contributed by atoms with Crippen LogP contribution in [0.5, 0.6) is 0 Å². The molecule has 1 amide bonds. The van der Waals surface area contributed by atoms with Crippen molar-refractivity contribution in [2.75, 3.05) is 18.9 Å². The number of hydrogen-bond donors (Lipinski definition) is 1. The Balaban J connectivity index is 1.55. The van der Waals surface area contributed by atoms with Crippen LogP contribution in [0.15, 0.2) is 40.3 Å². The summed E-state index contributed by atoms with van der Waals surface area (Å²) in [7, 11) is 0. The van der Waals surface area contributed by atoms with E-state index in [9.17, 15) is 14.4 Å². The average Bonchev–Trinajstić information content (AvgIpc) is 3.02. The van der Waals surface area contributed by atoms with Gasteiger partial charge in [-0.3, -0.25) is 19.0 Å². The molecule has 0 spiro atoms. The second-order valence-electron chi connectivity index (χ2n) is 8.16. The Kier molecular flexibility index (Phi) is 8.39. The van der Waals surface area contributed by atoms with Gasteiger partial charge in [0.05, 0.1) is 23.4 Å². The summed E-state index contributed by atoms with van der Waals surface area (Å²) in [4.78, 5) is 44.5. The number of thiophene rings is 1. The van der Waals surface area contributed by atoms with Crippen LogP contribution in [0.2, 0.25) is 0 Å². The second-order valence-corrected chi connectivity index (χ2v) is 10.2. The van der Waals surface area contributed by atoms with E-state index in [1.54, 1.807) is 22.8 Å². The molecular formula is C25H29N3O4S2. The molecule has 0 saturated carbocycles. The first-order valence-corrected chi connectivity index (χ1v) is 13.6. The van der Waals surface area contributed by atoms with Crippen LogP contribution in [0, 0.1) is 0 Å². The Morgan fingerprint density at radius 3 is 2.76 bits per heavy atom. The van der Waals surface area contributed by atoms with Gasteiger partial charge in [0.1, 0.15) is 4.83 Å². The molecule has 0 unspecified atom stereocenters. The summed E-state index contributed by atoms with van der Waals surface area (Å²) in [5, 5.41) is 4.08. The predicted molar refractivity (Wildman–Crippen MR) is 136 cm³/mol. The maximum absolute atomic E-state index is 13.7. The van der Waals surface area contributed by atoms with Crippen molar-refractivity contribution in [1.29, 1.82) is 0 Å². The van der Waals surface area contributed by atoms with Crippen LogP contribution >= 0.6 is 23.1 Å². The van der Waals surface area contributed by atoms with Crippen molar-refractivity contribution in [3.05, 3.63) is 51.1 Å². The lowest BCUT2D eigenvalue weighted by atomic mass is 10.1. The fraction of sp³-hybridized carbons (Fsp3) is 0.440. The molecule has 3 aromatic rings. The number of ether oxygens (including phenoxy) is 1. The predicted octanol–water partition coefficient (Wildman–Crippen LogP) is 4.27. The molecule has 180 valence electrons. The Labute approximate surface area is 206 Å². The van der Waals surface area contributed by atoms with Crippen molar-refractivity contribution in [1.82, 2.24) is 14.9 Å². The lowest BCUT2D eigenvalue weighted by Crippen LogP contribution is -2.27. The SMILES string of the molecule is CCOC(=O)CCCNC(=O)CSc1nc2sc3c(c2c(=O)n1-c1ccccc1)CCCCC3. The van der Waals surface area contributed by atoms with E-state index in [2.05, 4.69) is 5.32 Å². The number of carbonyl (C=O) groups excluding carboxylic acids is 2. The zero-order valence-corrected chi connectivity index (χ0v) is 20.9. The molecule has 0 bridgehead atoms. The maximum atomic E-state index is 13.7. The van der Waals surface area contributed by atoms with E-state index in [0.29, 0.717) is 24.7 Å². The third kappa shape index (κ3) is 5.70. The number of esters is 1. The average molecular weight is 500 g/mol. The summed E-state index contributed by atoms with van der Waals surface area (Å²) in [5.41, 5.74) is 1.84.